The molecule has 1 N–H and O–H groups in total. The van der Waals surface area contributed by atoms with E-state index in [1.165, 1.54) is 12.0 Å². The van der Waals surface area contributed by atoms with Gasteiger partial charge in [0.2, 0.25) is 5.82 Å². The maximum atomic E-state index is 12.5. The molecule has 0 aliphatic carbocycles. The second-order valence-electron chi connectivity index (χ2n) is 4.72. The molecule has 3 heterocycles. The molecule has 0 radical (unpaired) electrons. The zero-order chi connectivity index (χ0) is 15.0. The molecule has 0 aromatic carbocycles. The first-order valence-electron chi connectivity index (χ1n) is 6.42. The summed E-state index contributed by atoms with van der Waals surface area (Å²) in [5, 5.41) is 13.6. The van der Waals surface area contributed by atoms with Crippen LogP contribution < -0.4 is 0 Å². The van der Waals surface area contributed by atoms with Crippen LogP contribution in [-0.4, -0.2) is 61.7 Å². The van der Waals surface area contributed by atoms with Crippen molar-refractivity contribution in [1.29, 1.82) is 0 Å². The van der Waals surface area contributed by atoms with Crippen LogP contribution in [0, 0.1) is 0 Å². The van der Waals surface area contributed by atoms with Gasteiger partial charge in [-0.3, -0.25) is 4.79 Å². The van der Waals surface area contributed by atoms with Crippen LogP contribution >= 0.6 is 0 Å². The Hall–Kier alpha value is -2.71. The van der Waals surface area contributed by atoms with E-state index in [1.54, 1.807) is 23.7 Å². The molecule has 9 nitrogen and oxygen atoms in total. The summed E-state index contributed by atoms with van der Waals surface area (Å²) in [6.07, 6.45) is 0.626. The molecular formula is C12H14N6O3. The lowest BCUT2D eigenvalue weighted by Crippen LogP contribution is -2.55. The molecule has 1 atom stereocenters. The average Bonchev–Trinajstić information content (AvgIpc) is 3.06. The second kappa shape index (κ2) is 5.00. The monoisotopic (exact) mass is 290 g/mol. The Morgan fingerprint density at radius 2 is 2.24 bits per heavy atom. The quantitative estimate of drug-likeness (QED) is 0.770. The van der Waals surface area contributed by atoms with Crippen LogP contribution in [0.2, 0.25) is 0 Å². The van der Waals surface area contributed by atoms with E-state index < -0.39 is 6.04 Å². The summed E-state index contributed by atoms with van der Waals surface area (Å²) in [6, 6.07) is 2.93. The zero-order valence-corrected chi connectivity index (χ0v) is 11.6. The minimum absolute atomic E-state index is 0.214. The highest BCUT2D eigenvalue weighted by molar-refractivity contribution is 5.97. The number of hydrogen-bond donors (Lipinski definition) is 1. The number of amides is 1. The number of hydrogen-bond acceptors (Lipinski definition) is 6. The van der Waals surface area contributed by atoms with Gasteiger partial charge in [-0.2, -0.15) is 5.21 Å². The highest BCUT2D eigenvalue weighted by Gasteiger charge is 2.39. The van der Waals surface area contributed by atoms with Crippen LogP contribution in [0.25, 0.3) is 11.5 Å². The van der Waals surface area contributed by atoms with Crippen molar-refractivity contribution in [2.45, 2.75) is 12.5 Å². The van der Waals surface area contributed by atoms with Crippen molar-refractivity contribution < 1.29 is 14.3 Å². The molecule has 0 saturated carbocycles. The summed E-state index contributed by atoms with van der Waals surface area (Å²) in [7, 11) is 3.06. The molecule has 1 aliphatic rings. The number of esters is 1. The van der Waals surface area contributed by atoms with Crippen LogP contribution in [0.4, 0.5) is 0 Å². The number of nitrogens with one attached hydrogen (secondary N) is 1. The maximum Gasteiger partial charge on any atom is 0.328 e. The molecule has 21 heavy (non-hydrogen) atoms. The van der Waals surface area contributed by atoms with Gasteiger partial charge in [-0.05, 0) is 23.8 Å². The van der Waals surface area contributed by atoms with Gasteiger partial charge in [0.05, 0.1) is 12.8 Å². The minimum Gasteiger partial charge on any atom is -0.467 e. The highest BCUT2D eigenvalue weighted by Crippen LogP contribution is 2.24. The molecule has 1 aliphatic heterocycles. The molecule has 2 aromatic rings. The standard InChI is InChI=1S/C12H14N6O3/c1-17-7(10-13-15-16-14-10)3-4-8(17)11(19)18-6-5-9(18)12(20)21-2/h3-4,9H,5-6H2,1-2H3,(H,13,14,15,16). The van der Waals surface area contributed by atoms with Crippen LogP contribution in [0.5, 0.6) is 0 Å². The van der Waals surface area contributed by atoms with Crippen molar-refractivity contribution in [3.05, 3.63) is 17.8 Å². The number of likely N-dealkylation sites (tertiary alicyclic amines) is 1. The highest BCUT2D eigenvalue weighted by atomic mass is 16.5. The van der Waals surface area contributed by atoms with Crippen LogP contribution in [0.1, 0.15) is 16.9 Å². The van der Waals surface area contributed by atoms with E-state index in [0.29, 0.717) is 30.2 Å². The number of methoxy groups -OCH3 is 1. The number of carbonyl (C=O) groups is 2. The van der Waals surface area contributed by atoms with E-state index in [2.05, 4.69) is 20.6 Å². The number of rotatable bonds is 3. The molecular weight excluding hydrogens is 276 g/mol. The van der Waals surface area contributed by atoms with E-state index in [-0.39, 0.29) is 11.9 Å². The van der Waals surface area contributed by atoms with Gasteiger partial charge < -0.3 is 14.2 Å². The van der Waals surface area contributed by atoms with Crippen molar-refractivity contribution in [2.24, 2.45) is 7.05 Å². The molecule has 3 rings (SSSR count). The fourth-order valence-electron chi connectivity index (χ4n) is 2.38. The number of carbonyl (C=O) groups excluding carboxylic acids is 2. The third kappa shape index (κ3) is 2.06. The summed E-state index contributed by atoms with van der Waals surface area (Å²) < 4.78 is 6.37. The summed E-state index contributed by atoms with van der Waals surface area (Å²) >= 11 is 0. The second-order valence-corrected chi connectivity index (χ2v) is 4.72. The van der Waals surface area contributed by atoms with Gasteiger partial charge in [-0.1, -0.05) is 0 Å². The number of nitrogens with zero attached hydrogens (tertiary/aromatic N) is 5. The van der Waals surface area contributed by atoms with E-state index >= 15 is 0 Å². The first-order chi connectivity index (χ1) is 10.1. The Morgan fingerprint density at radius 1 is 1.43 bits per heavy atom. The van der Waals surface area contributed by atoms with Gasteiger partial charge in [-0.25, -0.2) is 4.79 Å². The van der Waals surface area contributed by atoms with Crippen molar-refractivity contribution >= 4 is 11.9 Å². The fraction of sp³-hybridized carbons (Fsp3) is 0.417. The number of H-pyrrole nitrogens is 1. The number of aromatic amines is 1. The Kier molecular flexibility index (Phi) is 3.16. The Morgan fingerprint density at radius 3 is 2.81 bits per heavy atom. The maximum absolute atomic E-state index is 12.5. The third-order valence-electron chi connectivity index (χ3n) is 3.67. The lowest BCUT2D eigenvalue weighted by molar-refractivity contribution is -0.149. The minimum atomic E-state index is -0.494. The van der Waals surface area contributed by atoms with Gasteiger partial charge in [-0.15, -0.1) is 10.2 Å². The van der Waals surface area contributed by atoms with Gasteiger partial charge in [0, 0.05) is 13.6 Å². The smallest absolute Gasteiger partial charge is 0.328 e. The predicted octanol–water partition coefficient (Wildman–Crippen LogP) is -0.407. The van der Waals surface area contributed by atoms with E-state index in [1.807, 2.05) is 0 Å². The van der Waals surface area contributed by atoms with E-state index in [9.17, 15) is 9.59 Å². The molecule has 2 aromatic heterocycles. The predicted molar refractivity (Wildman–Crippen MR) is 70.0 cm³/mol. The summed E-state index contributed by atoms with van der Waals surface area (Å²) in [4.78, 5) is 25.6. The Bertz CT molecular complexity index is 677. The zero-order valence-electron chi connectivity index (χ0n) is 11.6. The molecule has 1 unspecified atom stereocenters. The van der Waals surface area contributed by atoms with Crippen LogP contribution in [0.15, 0.2) is 12.1 Å². The summed E-state index contributed by atoms with van der Waals surface area (Å²) in [5.74, 6) is -0.194. The van der Waals surface area contributed by atoms with Gasteiger partial charge in [0.15, 0.2) is 0 Å². The first kappa shape index (κ1) is 13.3. The van der Waals surface area contributed by atoms with Gasteiger partial charge >= 0.3 is 5.97 Å². The Labute approximate surface area is 119 Å². The van der Waals surface area contributed by atoms with Crippen molar-refractivity contribution in [3.63, 3.8) is 0 Å². The number of ether oxygens (including phenoxy) is 1. The first-order valence-corrected chi connectivity index (χ1v) is 6.42. The molecule has 9 heteroatoms. The van der Waals surface area contributed by atoms with E-state index in [4.69, 9.17) is 4.74 Å². The normalized spacial score (nSPS) is 17.4. The lowest BCUT2D eigenvalue weighted by Gasteiger charge is -2.38. The average molecular weight is 290 g/mol. The SMILES string of the molecule is COC(=O)C1CCN1C(=O)c1ccc(-c2nn[nH]n2)n1C. The van der Waals surface area contributed by atoms with Crippen LogP contribution in [0.3, 0.4) is 0 Å². The topological polar surface area (TPSA) is 106 Å². The van der Waals surface area contributed by atoms with E-state index in [0.717, 1.165) is 0 Å². The fourth-order valence-corrected chi connectivity index (χ4v) is 2.38. The molecule has 110 valence electrons. The molecule has 0 bridgehead atoms. The Balaban J connectivity index is 1.85. The van der Waals surface area contributed by atoms with Crippen molar-refractivity contribution in [1.82, 2.24) is 30.1 Å². The van der Waals surface area contributed by atoms with Crippen LogP contribution in [-0.2, 0) is 16.6 Å². The summed E-state index contributed by atoms with van der Waals surface area (Å²) in [5.41, 5.74) is 1.13. The van der Waals surface area contributed by atoms with Gasteiger partial charge in [0.1, 0.15) is 11.7 Å². The number of tetrazole rings is 1. The van der Waals surface area contributed by atoms with Crippen molar-refractivity contribution in [2.75, 3.05) is 13.7 Å². The molecule has 1 amide bonds. The largest absolute Gasteiger partial charge is 0.467 e. The van der Waals surface area contributed by atoms with Crippen molar-refractivity contribution in [3.8, 4) is 11.5 Å². The van der Waals surface area contributed by atoms with Gasteiger partial charge in [0.25, 0.3) is 5.91 Å². The molecule has 1 fully saturated rings. The number of aromatic nitrogens is 5. The summed E-state index contributed by atoms with van der Waals surface area (Å²) in [6.45, 7) is 0.543. The third-order valence-corrected chi connectivity index (χ3v) is 3.67. The molecule has 0 spiro atoms. The lowest BCUT2D eigenvalue weighted by atomic mass is 10.0. The molecule has 1 saturated heterocycles.